The summed E-state index contributed by atoms with van der Waals surface area (Å²) in [5, 5.41) is 3.50. The molecule has 0 aromatic carbocycles. The van der Waals surface area contributed by atoms with Gasteiger partial charge in [0.25, 0.3) is 0 Å². The van der Waals surface area contributed by atoms with Crippen LogP contribution in [0.5, 0.6) is 0 Å². The summed E-state index contributed by atoms with van der Waals surface area (Å²) in [6, 6.07) is 0. The van der Waals surface area contributed by atoms with Gasteiger partial charge in [-0.3, -0.25) is 0 Å². The summed E-state index contributed by atoms with van der Waals surface area (Å²) in [6.45, 7) is 0. The Hall–Kier alpha value is -0.630. The summed E-state index contributed by atoms with van der Waals surface area (Å²) in [4.78, 5) is 0. The largest absolute Gasteiger partial charge is 0.811 e. The molecule has 0 spiro atoms. The molecule has 0 saturated carbocycles. The Morgan fingerprint density at radius 2 is 0.952 bits per heavy atom. The zero-order valence-corrected chi connectivity index (χ0v) is 9.49. The molecule has 15 heteroatoms. The van der Waals surface area contributed by atoms with E-state index < -0.39 is 35.6 Å². The average Bonchev–Trinajstić information content (AvgIpc) is 2.11. The predicted molar refractivity (Wildman–Crippen MR) is 36.6 cm³/mol. The maximum Gasteiger partial charge on any atom is 0.446 e. The van der Waals surface area contributed by atoms with Crippen molar-refractivity contribution in [1.82, 2.24) is 0 Å². The van der Waals surface area contributed by atoms with Gasteiger partial charge in [-0.25, -0.2) is 13.5 Å². The smallest absolute Gasteiger partial charge is 0.446 e. The van der Waals surface area contributed by atoms with E-state index in [0.29, 0.717) is 0 Å². The third-order valence-electron chi connectivity index (χ3n) is 1.72. The van der Waals surface area contributed by atoms with Gasteiger partial charge in [-0.15, -0.1) is 0 Å². The van der Waals surface area contributed by atoms with Crippen molar-refractivity contribution in [1.29, 1.82) is 0 Å². The molecule has 21 heavy (non-hydrogen) atoms. The van der Waals surface area contributed by atoms with Crippen LogP contribution in [0.25, 0.3) is 0 Å². The van der Waals surface area contributed by atoms with Crippen molar-refractivity contribution in [2.24, 2.45) is 0 Å². The molecular formula is C6ClF12O2-. The first kappa shape index (κ1) is 20.4. The summed E-state index contributed by atoms with van der Waals surface area (Å²) in [5.74, 6) is -7.10. The maximum absolute atomic E-state index is 12.5. The van der Waals surface area contributed by atoms with Crippen molar-refractivity contribution < 1.29 is 62.5 Å². The summed E-state index contributed by atoms with van der Waals surface area (Å²) >= 11 is 3.57. The lowest BCUT2D eigenvalue weighted by atomic mass is 10.2. The van der Waals surface area contributed by atoms with Gasteiger partial charge in [0, 0.05) is 0 Å². The number of hydrogen-bond donors (Lipinski definition) is 0. The molecule has 2 unspecified atom stereocenters. The lowest BCUT2D eigenvalue weighted by Crippen LogP contribution is -2.68. The Morgan fingerprint density at radius 3 is 1.19 bits per heavy atom. The topological polar surface area (TPSA) is 32.3 Å². The third-order valence-corrected chi connectivity index (χ3v) is 2.15. The monoisotopic (exact) mass is 367 g/mol. The third kappa shape index (κ3) is 3.41. The molecule has 0 amide bonds. The fourth-order valence-electron chi connectivity index (χ4n) is 0.621. The summed E-state index contributed by atoms with van der Waals surface area (Å²) in [5.41, 5.74) is 0. The second kappa shape index (κ2) is 4.94. The molecule has 2 nitrogen and oxygen atoms in total. The van der Waals surface area contributed by atoms with Gasteiger partial charge in [0.15, 0.2) is 0 Å². The summed E-state index contributed by atoms with van der Waals surface area (Å²) < 4.78 is 146. The van der Waals surface area contributed by atoms with Crippen LogP contribution in [0, 0.1) is 0 Å². The molecule has 0 aliphatic rings. The number of halogens is 13. The van der Waals surface area contributed by atoms with Gasteiger partial charge in [0.05, 0.1) is 0 Å². The van der Waals surface area contributed by atoms with Gasteiger partial charge in [0.2, 0.25) is 5.85 Å². The van der Waals surface area contributed by atoms with Gasteiger partial charge in [-0.05, 0) is 0 Å². The first-order chi connectivity index (χ1) is 8.71. The second-order valence-electron chi connectivity index (χ2n) is 3.30. The number of alkyl halides is 13. The SMILES string of the molecule is [O-]C(F)(C(F)(F)F)C(F)(F)OC(F)(F)C(F)(Cl)C(F)(F)F. The highest BCUT2D eigenvalue weighted by atomic mass is 35.5. The average molecular weight is 367 g/mol. The standard InChI is InChI=1S/C6ClF12O2/c7-1(8,3(10,11)12)5(16,17)21-6(18,19)2(9,20)4(13,14)15/q-1. The van der Waals surface area contributed by atoms with Crippen LogP contribution in [-0.2, 0) is 4.74 Å². The van der Waals surface area contributed by atoms with Crippen LogP contribution in [0.1, 0.15) is 0 Å². The minimum atomic E-state index is -7.13. The molecule has 0 fully saturated rings. The number of rotatable bonds is 4. The lowest BCUT2D eigenvalue weighted by molar-refractivity contribution is -0.657. The van der Waals surface area contributed by atoms with E-state index in [-0.39, 0.29) is 0 Å². The molecule has 0 aromatic rings. The molecule has 0 bridgehead atoms. The minimum absolute atomic E-state index is 1.51. The first-order valence-electron chi connectivity index (χ1n) is 4.07. The Balaban J connectivity index is 5.65. The molecular weight excluding hydrogens is 367 g/mol. The van der Waals surface area contributed by atoms with Crippen molar-refractivity contribution in [3.8, 4) is 0 Å². The van der Waals surface area contributed by atoms with E-state index in [9.17, 15) is 57.8 Å². The predicted octanol–water partition coefficient (Wildman–Crippen LogP) is 3.24. The van der Waals surface area contributed by atoms with E-state index in [1.54, 1.807) is 0 Å². The van der Waals surface area contributed by atoms with Crippen molar-refractivity contribution in [2.45, 2.75) is 35.6 Å². The molecule has 0 N–H and O–H groups in total. The van der Waals surface area contributed by atoms with Crippen LogP contribution < -0.4 is 5.11 Å². The number of hydrogen-bond acceptors (Lipinski definition) is 2. The van der Waals surface area contributed by atoms with Crippen molar-refractivity contribution in [3.63, 3.8) is 0 Å². The normalized spacial score (nSPS) is 20.9. The molecule has 0 heterocycles. The van der Waals surface area contributed by atoms with Gasteiger partial charge in [0.1, 0.15) is 0 Å². The Morgan fingerprint density at radius 1 is 0.619 bits per heavy atom. The molecule has 0 aromatic heterocycles. The van der Waals surface area contributed by atoms with Crippen LogP contribution >= 0.6 is 11.6 Å². The van der Waals surface area contributed by atoms with Crippen molar-refractivity contribution in [2.75, 3.05) is 0 Å². The van der Waals surface area contributed by atoms with Gasteiger partial charge in [-0.2, -0.15) is 43.9 Å². The summed E-state index contributed by atoms with van der Waals surface area (Å²) in [6.07, 6.45) is -27.9. The maximum atomic E-state index is 12.5. The van der Waals surface area contributed by atoms with Crippen molar-refractivity contribution >= 4 is 11.6 Å². The highest BCUT2D eigenvalue weighted by Crippen LogP contribution is 2.53. The number of ether oxygens (including phenoxy) is 1. The zero-order chi connectivity index (χ0) is 17.7. The Labute approximate surface area is 111 Å². The van der Waals surface area contributed by atoms with E-state index in [0.717, 1.165) is 0 Å². The van der Waals surface area contributed by atoms with Gasteiger partial charge >= 0.3 is 29.7 Å². The molecule has 128 valence electrons. The van der Waals surface area contributed by atoms with Gasteiger partial charge < -0.3 is 5.11 Å². The van der Waals surface area contributed by atoms with E-state index in [4.69, 9.17) is 0 Å². The van der Waals surface area contributed by atoms with E-state index in [1.165, 1.54) is 4.74 Å². The molecule has 0 rings (SSSR count). The lowest BCUT2D eigenvalue weighted by Gasteiger charge is -2.41. The fraction of sp³-hybridized carbons (Fsp3) is 1.00. The van der Waals surface area contributed by atoms with E-state index in [2.05, 4.69) is 11.6 Å². The molecule has 0 aliphatic heterocycles. The van der Waals surface area contributed by atoms with Gasteiger partial charge in [-0.1, -0.05) is 11.6 Å². The van der Waals surface area contributed by atoms with E-state index >= 15 is 0 Å². The highest BCUT2D eigenvalue weighted by molar-refractivity contribution is 6.24. The fourth-order valence-corrected chi connectivity index (χ4v) is 0.659. The Bertz CT molecular complexity index is 346. The molecule has 2 atom stereocenters. The quantitative estimate of drug-likeness (QED) is 0.564. The first-order valence-corrected chi connectivity index (χ1v) is 4.45. The zero-order valence-electron chi connectivity index (χ0n) is 8.73. The molecule has 0 aliphatic carbocycles. The van der Waals surface area contributed by atoms with Crippen LogP contribution in [0.4, 0.5) is 52.7 Å². The van der Waals surface area contributed by atoms with Crippen LogP contribution in [0.15, 0.2) is 0 Å². The Kier molecular flexibility index (Phi) is 4.79. The van der Waals surface area contributed by atoms with Crippen molar-refractivity contribution in [3.05, 3.63) is 0 Å². The summed E-state index contributed by atoms with van der Waals surface area (Å²) in [7, 11) is 0. The van der Waals surface area contributed by atoms with Crippen LogP contribution in [-0.4, -0.2) is 35.6 Å². The second-order valence-corrected chi connectivity index (χ2v) is 3.82. The van der Waals surface area contributed by atoms with Crippen LogP contribution in [0.2, 0.25) is 0 Å². The van der Waals surface area contributed by atoms with E-state index in [1.807, 2.05) is 0 Å². The molecule has 0 radical (unpaired) electrons. The molecule has 0 saturated heterocycles. The van der Waals surface area contributed by atoms with Crippen LogP contribution in [0.3, 0.4) is 0 Å². The minimum Gasteiger partial charge on any atom is -0.811 e. The highest BCUT2D eigenvalue weighted by Gasteiger charge is 2.77.